The molecule has 1 amide bonds. The van der Waals surface area contributed by atoms with Gasteiger partial charge in [-0.05, 0) is 50.1 Å². The van der Waals surface area contributed by atoms with Crippen molar-refractivity contribution in [3.63, 3.8) is 0 Å². The lowest BCUT2D eigenvalue weighted by Crippen LogP contribution is -2.29. The highest BCUT2D eigenvalue weighted by Gasteiger charge is 2.15. The van der Waals surface area contributed by atoms with E-state index in [1.165, 1.54) is 7.11 Å². The van der Waals surface area contributed by atoms with Gasteiger partial charge in [-0.1, -0.05) is 6.92 Å². The first-order chi connectivity index (χ1) is 13.7. The van der Waals surface area contributed by atoms with Crippen LogP contribution in [0.25, 0.3) is 5.69 Å². The van der Waals surface area contributed by atoms with Crippen molar-refractivity contribution in [1.29, 1.82) is 0 Å². The highest BCUT2D eigenvalue weighted by atomic mass is 32.2. The molecule has 1 heterocycles. The van der Waals surface area contributed by atoms with Gasteiger partial charge in [0, 0.05) is 30.0 Å². The Labute approximate surface area is 171 Å². The van der Waals surface area contributed by atoms with E-state index in [-0.39, 0.29) is 36.3 Å². The monoisotopic (exact) mass is 421 g/mol. The van der Waals surface area contributed by atoms with E-state index in [4.69, 9.17) is 4.74 Å². The van der Waals surface area contributed by atoms with Crippen LogP contribution < -0.4 is 5.32 Å². The summed E-state index contributed by atoms with van der Waals surface area (Å²) in [6.45, 7) is 5.48. The number of hydrogen-bond acceptors (Lipinski definition) is 6. The summed E-state index contributed by atoms with van der Waals surface area (Å²) in [5, 5.41) is 7.16. The SMILES string of the molecule is CCS(=O)(=O)CCNC(=O)c1ccc(-n2nc(C)c(CCC(=O)OC)c2C)cc1. The van der Waals surface area contributed by atoms with Crippen LogP contribution in [0.4, 0.5) is 0 Å². The molecular formula is C20H27N3O5S. The lowest BCUT2D eigenvalue weighted by Gasteiger charge is -2.08. The number of hydrogen-bond donors (Lipinski definition) is 1. The summed E-state index contributed by atoms with van der Waals surface area (Å²) in [5.41, 5.74) is 3.99. The Morgan fingerprint density at radius 1 is 1.17 bits per heavy atom. The van der Waals surface area contributed by atoms with Crippen molar-refractivity contribution >= 4 is 21.7 Å². The zero-order valence-corrected chi connectivity index (χ0v) is 18.0. The van der Waals surface area contributed by atoms with Gasteiger partial charge in [-0.3, -0.25) is 9.59 Å². The van der Waals surface area contributed by atoms with E-state index in [2.05, 4.69) is 10.4 Å². The van der Waals surface area contributed by atoms with Crippen LogP contribution in [0, 0.1) is 13.8 Å². The Hall–Kier alpha value is -2.68. The predicted octanol–water partition coefficient (Wildman–Crippen LogP) is 1.76. The molecule has 0 fully saturated rings. The van der Waals surface area contributed by atoms with Crippen LogP contribution in [0.2, 0.25) is 0 Å². The number of aryl methyl sites for hydroxylation is 1. The minimum atomic E-state index is -3.11. The molecule has 29 heavy (non-hydrogen) atoms. The second-order valence-corrected chi connectivity index (χ2v) is 9.15. The predicted molar refractivity (Wildman–Crippen MR) is 110 cm³/mol. The van der Waals surface area contributed by atoms with Gasteiger partial charge in [0.05, 0.1) is 24.2 Å². The van der Waals surface area contributed by atoms with Crippen LogP contribution >= 0.6 is 0 Å². The van der Waals surface area contributed by atoms with E-state index >= 15 is 0 Å². The van der Waals surface area contributed by atoms with Crippen LogP contribution in [-0.2, 0) is 25.8 Å². The van der Waals surface area contributed by atoms with Gasteiger partial charge in [0.2, 0.25) is 0 Å². The van der Waals surface area contributed by atoms with Gasteiger partial charge >= 0.3 is 5.97 Å². The quantitative estimate of drug-likeness (QED) is 0.618. The molecule has 0 radical (unpaired) electrons. The second-order valence-electron chi connectivity index (χ2n) is 6.68. The number of methoxy groups -OCH3 is 1. The largest absolute Gasteiger partial charge is 0.469 e. The molecule has 1 aromatic carbocycles. The molecule has 0 unspecified atom stereocenters. The highest BCUT2D eigenvalue weighted by Crippen LogP contribution is 2.20. The summed E-state index contributed by atoms with van der Waals surface area (Å²) in [4.78, 5) is 23.6. The van der Waals surface area contributed by atoms with E-state index in [0.29, 0.717) is 12.0 Å². The van der Waals surface area contributed by atoms with Crippen LogP contribution in [0.15, 0.2) is 24.3 Å². The lowest BCUT2D eigenvalue weighted by atomic mass is 10.1. The lowest BCUT2D eigenvalue weighted by molar-refractivity contribution is -0.140. The van der Waals surface area contributed by atoms with Gasteiger partial charge in [0.1, 0.15) is 0 Å². The molecule has 9 heteroatoms. The van der Waals surface area contributed by atoms with E-state index < -0.39 is 9.84 Å². The molecule has 8 nitrogen and oxygen atoms in total. The maximum Gasteiger partial charge on any atom is 0.305 e. The molecule has 2 rings (SSSR count). The summed E-state index contributed by atoms with van der Waals surface area (Å²) in [6, 6.07) is 6.90. The maximum absolute atomic E-state index is 12.2. The summed E-state index contributed by atoms with van der Waals surface area (Å²) in [7, 11) is -1.75. The molecule has 158 valence electrons. The molecule has 0 saturated carbocycles. The van der Waals surface area contributed by atoms with Crippen LogP contribution in [0.1, 0.15) is 40.7 Å². The third-order valence-corrected chi connectivity index (χ3v) is 6.47. The standard InChI is InChI=1S/C20H27N3O5S/c1-5-29(26,27)13-12-21-20(25)16-6-8-17(9-7-16)23-15(3)18(14(2)22-23)10-11-19(24)28-4/h6-9H,5,10-13H2,1-4H3,(H,21,25). The first kappa shape index (κ1) is 22.6. The summed E-state index contributed by atoms with van der Waals surface area (Å²) < 4.78 is 29.5. The normalized spacial score (nSPS) is 11.3. The second kappa shape index (κ2) is 9.69. The fourth-order valence-electron chi connectivity index (χ4n) is 2.94. The zero-order chi connectivity index (χ0) is 21.6. The molecule has 0 atom stereocenters. The first-order valence-electron chi connectivity index (χ1n) is 9.39. The molecule has 0 saturated heterocycles. The minimum absolute atomic E-state index is 0.0574. The number of benzene rings is 1. The third-order valence-electron chi connectivity index (χ3n) is 4.76. The molecule has 0 aliphatic heterocycles. The van der Waals surface area contributed by atoms with Crippen molar-refractivity contribution in [2.45, 2.75) is 33.6 Å². The van der Waals surface area contributed by atoms with Crippen molar-refractivity contribution in [2.75, 3.05) is 25.2 Å². The van der Waals surface area contributed by atoms with Crippen molar-refractivity contribution < 1.29 is 22.7 Å². The molecular weight excluding hydrogens is 394 g/mol. The average Bonchev–Trinajstić information content (AvgIpc) is 2.99. The van der Waals surface area contributed by atoms with Crippen molar-refractivity contribution in [1.82, 2.24) is 15.1 Å². The van der Waals surface area contributed by atoms with Gasteiger partial charge in [0.25, 0.3) is 5.91 Å². The topological polar surface area (TPSA) is 107 Å². The number of amides is 1. The Balaban J connectivity index is 2.08. The van der Waals surface area contributed by atoms with Gasteiger partial charge in [0.15, 0.2) is 9.84 Å². The summed E-state index contributed by atoms with van der Waals surface area (Å²) in [5.74, 6) is -0.608. The van der Waals surface area contributed by atoms with E-state index in [1.54, 1.807) is 35.9 Å². The number of aromatic nitrogens is 2. The Morgan fingerprint density at radius 2 is 1.83 bits per heavy atom. The van der Waals surface area contributed by atoms with Crippen molar-refractivity contribution in [2.24, 2.45) is 0 Å². The van der Waals surface area contributed by atoms with Gasteiger partial charge in [-0.25, -0.2) is 13.1 Å². The smallest absolute Gasteiger partial charge is 0.305 e. The van der Waals surface area contributed by atoms with E-state index in [1.807, 2.05) is 13.8 Å². The van der Waals surface area contributed by atoms with Gasteiger partial charge in [-0.15, -0.1) is 0 Å². The number of rotatable bonds is 9. The number of nitrogens with zero attached hydrogens (tertiary/aromatic N) is 2. The molecule has 1 N–H and O–H groups in total. The molecule has 0 aliphatic carbocycles. The summed E-state index contributed by atoms with van der Waals surface area (Å²) in [6.07, 6.45) is 0.836. The Kier molecular flexibility index (Phi) is 7.55. The number of nitrogens with one attached hydrogen (secondary N) is 1. The van der Waals surface area contributed by atoms with Gasteiger partial charge < -0.3 is 10.1 Å². The fraction of sp³-hybridized carbons (Fsp3) is 0.450. The molecule has 2 aromatic rings. The number of ether oxygens (including phenoxy) is 1. The van der Waals surface area contributed by atoms with E-state index in [0.717, 1.165) is 22.6 Å². The molecule has 0 aliphatic rings. The number of carbonyl (C=O) groups is 2. The van der Waals surface area contributed by atoms with Crippen LogP contribution in [0.3, 0.4) is 0 Å². The van der Waals surface area contributed by atoms with Crippen molar-refractivity contribution in [3.05, 3.63) is 46.8 Å². The van der Waals surface area contributed by atoms with Crippen LogP contribution in [-0.4, -0.2) is 55.2 Å². The number of esters is 1. The van der Waals surface area contributed by atoms with E-state index in [9.17, 15) is 18.0 Å². The Bertz CT molecular complexity index is 978. The minimum Gasteiger partial charge on any atom is -0.469 e. The molecule has 1 aromatic heterocycles. The third kappa shape index (κ3) is 5.90. The van der Waals surface area contributed by atoms with Crippen molar-refractivity contribution in [3.8, 4) is 5.69 Å². The molecule has 0 spiro atoms. The first-order valence-corrected chi connectivity index (χ1v) is 11.2. The van der Waals surface area contributed by atoms with Gasteiger partial charge in [-0.2, -0.15) is 5.10 Å². The fourth-order valence-corrected chi connectivity index (χ4v) is 3.64. The average molecular weight is 422 g/mol. The Morgan fingerprint density at radius 3 is 2.41 bits per heavy atom. The highest BCUT2D eigenvalue weighted by molar-refractivity contribution is 7.91. The van der Waals surface area contributed by atoms with Crippen LogP contribution in [0.5, 0.6) is 0 Å². The number of sulfone groups is 1. The number of carbonyl (C=O) groups excluding carboxylic acids is 2. The summed E-state index contributed by atoms with van der Waals surface area (Å²) >= 11 is 0. The zero-order valence-electron chi connectivity index (χ0n) is 17.2. The maximum atomic E-state index is 12.2. The molecule has 0 bridgehead atoms.